The topological polar surface area (TPSA) is 56.8 Å². The summed E-state index contributed by atoms with van der Waals surface area (Å²) in [5.74, 6) is 0.668. The predicted octanol–water partition coefficient (Wildman–Crippen LogP) is 4.00. The van der Waals surface area contributed by atoms with E-state index in [1.165, 1.54) is 0 Å². The lowest BCUT2D eigenvalue weighted by atomic mass is 10.1. The SMILES string of the molecule is Cc1ccc(C=C(C#N)C#N)c(OCc2ccccc2)c1. The quantitative estimate of drug-likeness (QED) is 0.792. The van der Waals surface area contributed by atoms with E-state index < -0.39 is 0 Å². The zero-order valence-corrected chi connectivity index (χ0v) is 11.7. The molecule has 0 saturated heterocycles. The first-order chi connectivity index (χ1) is 10.2. The van der Waals surface area contributed by atoms with Crippen molar-refractivity contribution in [2.45, 2.75) is 13.5 Å². The van der Waals surface area contributed by atoms with Crippen molar-refractivity contribution in [3.63, 3.8) is 0 Å². The maximum absolute atomic E-state index is 8.86. The lowest BCUT2D eigenvalue weighted by molar-refractivity contribution is 0.305. The molecule has 0 N–H and O–H groups in total. The third-order valence-electron chi connectivity index (χ3n) is 2.95. The van der Waals surface area contributed by atoms with Crippen molar-refractivity contribution in [3.8, 4) is 17.9 Å². The lowest BCUT2D eigenvalue weighted by Gasteiger charge is -2.10. The van der Waals surface area contributed by atoms with Crippen LogP contribution in [0.3, 0.4) is 0 Å². The molecule has 0 atom stereocenters. The Bertz CT molecular complexity index is 718. The van der Waals surface area contributed by atoms with Crippen LogP contribution in [0.1, 0.15) is 16.7 Å². The lowest BCUT2D eigenvalue weighted by Crippen LogP contribution is -1.97. The highest BCUT2D eigenvalue weighted by molar-refractivity contribution is 5.66. The van der Waals surface area contributed by atoms with Crippen molar-refractivity contribution in [2.75, 3.05) is 0 Å². The number of ether oxygens (including phenoxy) is 1. The molecule has 21 heavy (non-hydrogen) atoms. The molecule has 0 bridgehead atoms. The van der Waals surface area contributed by atoms with Crippen molar-refractivity contribution in [1.82, 2.24) is 0 Å². The minimum atomic E-state index is 0.0587. The molecular weight excluding hydrogens is 260 g/mol. The molecule has 2 rings (SSSR count). The van der Waals surface area contributed by atoms with E-state index in [2.05, 4.69) is 0 Å². The second-order valence-electron chi connectivity index (χ2n) is 4.60. The minimum Gasteiger partial charge on any atom is -0.488 e. The summed E-state index contributed by atoms with van der Waals surface area (Å²) >= 11 is 0. The second kappa shape index (κ2) is 6.93. The highest BCUT2D eigenvalue weighted by Gasteiger charge is 2.04. The van der Waals surface area contributed by atoms with Crippen LogP contribution in [0.4, 0.5) is 0 Å². The third kappa shape index (κ3) is 3.96. The summed E-state index contributed by atoms with van der Waals surface area (Å²) in [5.41, 5.74) is 2.92. The van der Waals surface area contributed by atoms with Gasteiger partial charge in [0.2, 0.25) is 0 Å². The first kappa shape index (κ1) is 14.4. The zero-order valence-electron chi connectivity index (χ0n) is 11.7. The molecule has 3 nitrogen and oxygen atoms in total. The van der Waals surface area contributed by atoms with Crippen LogP contribution in [0.2, 0.25) is 0 Å². The molecule has 0 fully saturated rings. The van der Waals surface area contributed by atoms with E-state index in [4.69, 9.17) is 15.3 Å². The zero-order chi connectivity index (χ0) is 15.1. The predicted molar refractivity (Wildman–Crippen MR) is 81.2 cm³/mol. The molecule has 0 amide bonds. The summed E-state index contributed by atoms with van der Waals surface area (Å²) in [5, 5.41) is 17.7. The van der Waals surface area contributed by atoms with Crippen LogP contribution in [-0.2, 0) is 6.61 Å². The van der Waals surface area contributed by atoms with Crippen molar-refractivity contribution in [2.24, 2.45) is 0 Å². The van der Waals surface area contributed by atoms with Crippen molar-refractivity contribution < 1.29 is 4.74 Å². The van der Waals surface area contributed by atoms with E-state index in [1.807, 2.05) is 67.6 Å². The number of rotatable bonds is 4. The monoisotopic (exact) mass is 274 g/mol. The summed E-state index contributed by atoms with van der Waals surface area (Å²) in [7, 11) is 0. The number of nitriles is 2. The molecule has 0 saturated carbocycles. The summed E-state index contributed by atoms with van der Waals surface area (Å²) in [6, 6.07) is 19.2. The van der Waals surface area contributed by atoms with Gasteiger partial charge in [-0.25, -0.2) is 0 Å². The van der Waals surface area contributed by atoms with Gasteiger partial charge in [0.05, 0.1) is 0 Å². The Labute approximate surface area is 124 Å². The number of aryl methyl sites for hydroxylation is 1. The average Bonchev–Trinajstić information content (AvgIpc) is 2.53. The van der Waals surface area contributed by atoms with Crippen LogP contribution in [0.25, 0.3) is 6.08 Å². The number of nitrogens with zero attached hydrogens (tertiary/aromatic N) is 2. The first-order valence-electron chi connectivity index (χ1n) is 6.52. The molecule has 2 aromatic rings. The molecule has 0 spiro atoms. The Morgan fingerprint density at radius 3 is 2.48 bits per heavy atom. The summed E-state index contributed by atoms with van der Waals surface area (Å²) < 4.78 is 5.83. The van der Waals surface area contributed by atoms with E-state index >= 15 is 0 Å². The molecule has 0 unspecified atom stereocenters. The van der Waals surface area contributed by atoms with Gasteiger partial charge in [-0.15, -0.1) is 0 Å². The van der Waals surface area contributed by atoms with Gasteiger partial charge in [-0.3, -0.25) is 0 Å². The Hall–Kier alpha value is -3.04. The largest absolute Gasteiger partial charge is 0.488 e. The maximum Gasteiger partial charge on any atom is 0.130 e. The van der Waals surface area contributed by atoms with Crippen LogP contribution < -0.4 is 4.74 Å². The number of hydrogen-bond donors (Lipinski definition) is 0. The first-order valence-corrected chi connectivity index (χ1v) is 6.52. The third-order valence-corrected chi connectivity index (χ3v) is 2.95. The van der Waals surface area contributed by atoms with Gasteiger partial charge in [-0.05, 0) is 30.2 Å². The van der Waals surface area contributed by atoms with Gasteiger partial charge in [0, 0.05) is 5.56 Å². The van der Waals surface area contributed by atoms with Gasteiger partial charge in [-0.1, -0.05) is 42.5 Å². The summed E-state index contributed by atoms with van der Waals surface area (Å²) in [6.45, 7) is 2.41. The fourth-order valence-electron chi connectivity index (χ4n) is 1.87. The van der Waals surface area contributed by atoms with Crippen molar-refractivity contribution >= 4 is 6.08 Å². The van der Waals surface area contributed by atoms with Crippen LogP contribution in [0.5, 0.6) is 5.75 Å². The summed E-state index contributed by atoms with van der Waals surface area (Å²) in [6.07, 6.45) is 1.54. The Morgan fingerprint density at radius 1 is 1.10 bits per heavy atom. The van der Waals surface area contributed by atoms with Gasteiger partial charge in [0.15, 0.2) is 0 Å². The number of benzene rings is 2. The molecule has 2 aromatic carbocycles. The maximum atomic E-state index is 8.86. The van der Waals surface area contributed by atoms with E-state index in [-0.39, 0.29) is 5.57 Å². The van der Waals surface area contributed by atoms with Gasteiger partial charge >= 0.3 is 0 Å². The minimum absolute atomic E-state index is 0.0587. The van der Waals surface area contributed by atoms with Crippen molar-refractivity contribution in [1.29, 1.82) is 10.5 Å². The van der Waals surface area contributed by atoms with E-state index in [1.54, 1.807) is 6.08 Å². The Balaban J connectivity index is 2.26. The van der Waals surface area contributed by atoms with E-state index in [0.29, 0.717) is 12.4 Å². The Morgan fingerprint density at radius 2 is 1.81 bits per heavy atom. The van der Waals surface area contributed by atoms with Crippen LogP contribution in [0, 0.1) is 29.6 Å². The standard InChI is InChI=1S/C18H14N2O/c1-14-7-8-17(10-16(11-19)12-20)18(9-14)21-13-15-5-3-2-4-6-15/h2-10H,13H2,1H3. The molecule has 102 valence electrons. The molecule has 0 radical (unpaired) electrons. The fraction of sp³-hybridized carbons (Fsp3) is 0.111. The molecule has 0 aliphatic carbocycles. The van der Waals surface area contributed by atoms with Gasteiger partial charge in [-0.2, -0.15) is 10.5 Å². The number of hydrogen-bond acceptors (Lipinski definition) is 3. The second-order valence-corrected chi connectivity index (χ2v) is 4.60. The average molecular weight is 274 g/mol. The molecule has 0 heterocycles. The highest BCUT2D eigenvalue weighted by atomic mass is 16.5. The van der Waals surface area contributed by atoms with E-state index in [0.717, 1.165) is 16.7 Å². The van der Waals surface area contributed by atoms with Crippen LogP contribution >= 0.6 is 0 Å². The van der Waals surface area contributed by atoms with Crippen LogP contribution in [-0.4, -0.2) is 0 Å². The normalized spacial score (nSPS) is 9.29. The highest BCUT2D eigenvalue weighted by Crippen LogP contribution is 2.24. The van der Waals surface area contributed by atoms with Gasteiger partial charge in [0.25, 0.3) is 0 Å². The van der Waals surface area contributed by atoms with Crippen molar-refractivity contribution in [3.05, 3.63) is 70.8 Å². The molecule has 0 aliphatic rings. The van der Waals surface area contributed by atoms with Crippen LogP contribution in [0.15, 0.2) is 54.1 Å². The molecule has 0 aliphatic heterocycles. The summed E-state index contributed by atoms with van der Waals surface area (Å²) in [4.78, 5) is 0. The molecular formula is C18H14N2O. The molecule has 3 heteroatoms. The number of allylic oxidation sites excluding steroid dienone is 1. The van der Waals surface area contributed by atoms with Gasteiger partial charge < -0.3 is 4.74 Å². The van der Waals surface area contributed by atoms with E-state index in [9.17, 15) is 0 Å². The smallest absolute Gasteiger partial charge is 0.130 e. The fourth-order valence-corrected chi connectivity index (χ4v) is 1.87. The Kier molecular flexibility index (Phi) is 4.75. The van der Waals surface area contributed by atoms with Gasteiger partial charge in [0.1, 0.15) is 30.1 Å². The molecule has 0 aromatic heterocycles.